The van der Waals surface area contributed by atoms with Crippen LogP contribution in [0.2, 0.25) is 0 Å². The number of benzene rings is 3. The van der Waals surface area contributed by atoms with Crippen molar-refractivity contribution in [3.8, 4) is 12.1 Å². The minimum absolute atomic E-state index is 0.105. The molecule has 0 atom stereocenters. The van der Waals surface area contributed by atoms with Gasteiger partial charge in [-0.15, -0.1) is 0 Å². The number of carboxylic acids is 1. The van der Waals surface area contributed by atoms with E-state index >= 15 is 0 Å². The highest BCUT2D eigenvalue weighted by atomic mass is 16.4. The van der Waals surface area contributed by atoms with Gasteiger partial charge < -0.3 is 10.0 Å². The summed E-state index contributed by atoms with van der Waals surface area (Å²) in [6.07, 6.45) is 3.29. The van der Waals surface area contributed by atoms with E-state index in [1.54, 1.807) is 35.2 Å². The van der Waals surface area contributed by atoms with Gasteiger partial charge in [0.25, 0.3) is 0 Å². The molecule has 6 nitrogen and oxygen atoms in total. The second-order valence-electron chi connectivity index (χ2n) is 7.70. The molecule has 0 saturated heterocycles. The van der Waals surface area contributed by atoms with Crippen molar-refractivity contribution in [1.82, 2.24) is 4.90 Å². The third kappa shape index (κ3) is 6.66. The number of hydrogen-bond donors (Lipinski definition) is 1. The van der Waals surface area contributed by atoms with Gasteiger partial charge >= 0.3 is 5.97 Å². The third-order valence-corrected chi connectivity index (χ3v) is 5.35. The molecule has 3 rings (SSSR count). The summed E-state index contributed by atoms with van der Waals surface area (Å²) in [6, 6.07) is 26.0. The Morgan fingerprint density at radius 1 is 0.853 bits per heavy atom. The van der Waals surface area contributed by atoms with E-state index < -0.39 is 5.97 Å². The summed E-state index contributed by atoms with van der Waals surface area (Å²) in [5.74, 6) is -1.13. The van der Waals surface area contributed by atoms with Gasteiger partial charge in [0.2, 0.25) is 5.91 Å². The number of carbonyl (C=O) groups is 2. The van der Waals surface area contributed by atoms with Crippen LogP contribution in [0.1, 0.15) is 39.8 Å². The molecule has 0 fully saturated rings. The standard InChI is InChI=1S/C28H23N3O3/c29-17-23-8-1-3-10-25(23)19-31(20-26-11-4-2-9-24(26)18-30)27(32)14-12-21-6-5-7-22(16-21)13-15-28(33)34/h1-11,13,15-16H,12,14,19-20H2,(H,33,34)/b15-13+. The molecule has 3 aromatic carbocycles. The molecule has 0 bridgehead atoms. The third-order valence-electron chi connectivity index (χ3n) is 5.35. The number of nitriles is 2. The summed E-state index contributed by atoms with van der Waals surface area (Å²) in [6.45, 7) is 0.507. The maximum absolute atomic E-state index is 13.3. The van der Waals surface area contributed by atoms with Crippen molar-refractivity contribution in [2.24, 2.45) is 0 Å². The highest BCUT2D eigenvalue weighted by Crippen LogP contribution is 2.18. The van der Waals surface area contributed by atoms with Gasteiger partial charge in [0.15, 0.2) is 0 Å². The molecule has 0 aliphatic heterocycles. The van der Waals surface area contributed by atoms with Crippen molar-refractivity contribution in [3.05, 3.63) is 112 Å². The number of nitrogens with zero attached hydrogens (tertiary/aromatic N) is 3. The fourth-order valence-electron chi connectivity index (χ4n) is 3.61. The first-order valence-electron chi connectivity index (χ1n) is 10.7. The van der Waals surface area contributed by atoms with E-state index in [0.29, 0.717) is 17.5 Å². The minimum Gasteiger partial charge on any atom is -0.478 e. The topological polar surface area (TPSA) is 105 Å². The van der Waals surface area contributed by atoms with Crippen molar-refractivity contribution >= 4 is 18.0 Å². The first kappa shape index (κ1) is 24.0. The lowest BCUT2D eigenvalue weighted by Gasteiger charge is -2.24. The molecule has 0 heterocycles. The van der Waals surface area contributed by atoms with Crippen LogP contribution in [0.4, 0.5) is 0 Å². The van der Waals surface area contributed by atoms with Crippen LogP contribution < -0.4 is 0 Å². The van der Waals surface area contributed by atoms with E-state index in [4.69, 9.17) is 5.11 Å². The lowest BCUT2D eigenvalue weighted by atomic mass is 10.0. The molecule has 0 unspecified atom stereocenters. The smallest absolute Gasteiger partial charge is 0.328 e. The van der Waals surface area contributed by atoms with E-state index in [0.717, 1.165) is 28.3 Å². The van der Waals surface area contributed by atoms with Gasteiger partial charge in [0.1, 0.15) is 0 Å². The number of carboxylic acid groups (broad SMARTS) is 1. The van der Waals surface area contributed by atoms with Crippen LogP contribution in [0.3, 0.4) is 0 Å². The SMILES string of the molecule is N#Cc1ccccc1CN(Cc1ccccc1C#N)C(=O)CCc1cccc(/C=C/C(=O)O)c1. The van der Waals surface area contributed by atoms with E-state index in [2.05, 4.69) is 12.1 Å². The second-order valence-corrected chi connectivity index (χ2v) is 7.70. The van der Waals surface area contributed by atoms with Crippen molar-refractivity contribution in [2.45, 2.75) is 25.9 Å². The molecule has 0 spiro atoms. The van der Waals surface area contributed by atoms with Crippen molar-refractivity contribution in [2.75, 3.05) is 0 Å². The highest BCUT2D eigenvalue weighted by molar-refractivity contribution is 5.85. The quantitative estimate of drug-likeness (QED) is 0.477. The zero-order valence-electron chi connectivity index (χ0n) is 18.5. The van der Waals surface area contributed by atoms with Crippen LogP contribution in [0.15, 0.2) is 78.9 Å². The van der Waals surface area contributed by atoms with E-state index in [1.807, 2.05) is 42.5 Å². The van der Waals surface area contributed by atoms with E-state index in [1.165, 1.54) is 6.08 Å². The van der Waals surface area contributed by atoms with Crippen LogP contribution in [0.5, 0.6) is 0 Å². The largest absolute Gasteiger partial charge is 0.478 e. The summed E-state index contributed by atoms with van der Waals surface area (Å²) in [5.41, 5.74) is 4.16. The Kier molecular flexibility index (Phi) is 8.32. The molecule has 0 aliphatic rings. The van der Waals surface area contributed by atoms with Crippen molar-refractivity contribution < 1.29 is 14.7 Å². The van der Waals surface area contributed by atoms with Gasteiger partial charge in [-0.2, -0.15) is 10.5 Å². The number of carbonyl (C=O) groups excluding carboxylic acids is 1. The normalized spacial score (nSPS) is 10.4. The molecule has 34 heavy (non-hydrogen) atoms. The Hall–Kier alpha value is -4.68. The van der Waals surface area contributed by atoms with Crippen LogP contribution in [-0.4, -0.2) is 21.9 Å². The molecule has 3 aromatic rings. The zero-order valence-corrected chi connectivity index (χ0v) is 18.5. The highest BCUT2D eigenvalue weighted by Gasteiger charge is 2.18. The number of rotatable bonds is 9. The average molecular weight is 450 g/mol. The van der Waals surface area contributed by atoms with Crippen molar-refractivity contribution in [1.29, 1.82) is 10.5 Å². The van der Waals surface area contributed by atoms with E-state index in [9.17, 15) is 20.1 Å². The maximum Gasteiger partial charge on any atom is 0.328 e. The molecule has 1 amide bonds. The molecular weight excluding hydrogens is 426 g/mol. The number of hydrogen-bond acceptors (Lipinski definition) is 4. The number of aliphatic carboxylic acids is 1. The van der Waals surface area contributed by atoms with Gasteiger partial charge in [0.05, 0.1) is 23.3 Å². The zero-order chi connectivity index (χ0) is 24.3. The molecule has 6 heteroatoms. The Balaban J connectivity index is 1.80. The summed E-state index contributed by atoms with van der Waals surface area (Å²) < 4.78 is 0. The lowest BCUT2D eigenvalue weighted by molar-refractivity contribution is -0.132. The predicted molar refractivity (Wildman–Crippen MR) is 128 cm³/mol. The summed E-state index contributed by atoms with van der Waals surface area (Å²) in [5, 5.41) is 27.7. The number of aryl methyl sites for hydroxylation is 1. The van der Waals surface area contributed by atoms with E-state index in [-0.39, 0.29) is 25.4 Å². The van der Waals surface area contributed by atoms with Gasteiger partial charge in [-0.25, -0.2) is 4.79 Å². The Morgan fingerprint density at radius 2 is 1.44 bits per heavy atom. The van der Waals surface area contributed by atoms with Gasteiger partial charge in [0, 0.05) is 25.6 Å². The molecular formula is C28H23N3O3. The minimum atomic E-state index is -1.02. The van der Waals surface area contributed by atoms with Crippen molar-refractivity contribution in [3.63, 3.8) is 0 Å². The fourth-order valence-corrected chi connectivity index (χ4v) is 3.61. The van der Waals surface area contributed by atoms with Gasteiger partial charge in [-0.05, 0) is 46.9 Å². The lowest BCUT2D eigenvalue weighted by Crippen LogP contribution is -2.31. The van der Waals surface area contributed by atoms with Crippen LogP contribution in [0.25, 0.3) is 6.08 Å². The Bertz CT molecular complexity index is 1240. The second kappa shape index (κ2) is 11.8. The maximum atomic E-state index is 13.3. The summed E-state index contributed by atoms with van der Waals surface area (Å²) in [4.78, 5) is 25.7. The van der Waals surface area contributed by atoms with Crippen LogP contribution >= 0.6 is 0 Å². The molecule has 1 N–H and O–H groups in total. The fraction of sp³-hybridized carbons (Fsp3) is 0.143. The average Bonchev–Trinajstić information content (AvgIpc) is 2.86. The van der Waals surface area contributed by atoms with Crippen LogP contribution in [0, 0.1) is 22.7 Å². The van der Waals surface area contributed by atoms with Gasteiger partial charge in [-0.1, -0.05) is 60.7 Å². The molecule has 0 radical (unpaired) electrons. The summed E-state index contributed by atoms with van der Waals surface area (Å²) >= 11 is 0. The van der Waals surface area contributed by atoms with Gasteiger partial charge in [-0.3, -0.25) is 4.79 Å². The molecule has 0 saturated carbocycles. The molecule has 0 aromatic heterocycles. The molecule has 0 aliphatic carbocycles. The first-order valence-corrected chi connectivity index (χ1v) is 10.7. The van der Waals surface area contributed by atoms with Crippen LogP contribution in [-0.2, 0) is 29.1 Å². The Morgan fingerprint density at radius 3 is 2.00 bits per heavy atom. The number of amides is 1. The first-order chi connectivity index (χ1) is 16.5. The Labute approximate surface area is 198 Å². The molecule has 168 valence electrons. The monoisotopic (exact) mass is 449 g/mol. The summed E-state index contributed by atoms with van der Waals surface area (Å²) in [7, 11) is 0. The predicted octanol–water partition coefficient (Wildman–Crippen LogP) is 4.69.